The standard InChI is InChI=1S/C14H18N4OS2/c15-12-11(21-14(18-12)17-9-3-1-4-9)13(19)16-7-6-10-5-2-8-20-10/h2,5,8-9H,1,3-4,6-7,15H2,(H,16,19)(H,17,18). The molecular formula is C14H18N4OS2. The number of carbonyl (C=O) groups excluding carboxylic acids is 1. The van der Waals surface area contributed by atoms with Crippen LogP contribution >= 0.6 is 22.7 Å². The van der Waals surface area contributed by atoms with Crippen molar-refractivity contribution in [1.29, 1.82) is 0 Å². The quantitative estimate of drug-likeness (QED) is 0.764. The van der Waals surface area contributed by atoms with Crippen LogP contribution in [0.3, 0.4) is 0 Å². The number of nitrogens with two attached hydrogens (primary N) is 1. The van der Waals surface area contributed by atoms with E-state index in [9.17, 15) is 4.79 Å². The van der Waals surface area contributed by atoms with Crippen LogP contribution in [0.4, 0.5) is 10.9 Å². The zero-order chi connectivity index (χ0) is 14.7. The van der Waals surface area contributed by atoms with Crippen LogP contribution in [0.25, 0.3) is 0 Å². The van der Waals surface area contributed by atoms with Gasteiger partial charge in [-0.05, 0) is 37.1 Å². The minimum atomic E-state index is -0.136. The van der Waals surface area contributed by atoms with E-state index in [1.807, 2.05) is 11.4 Å². The first kappa shape index (κ1) is 14.3. The van der Waals surface area contributed by atoms with Crippen molar-refractivity contribution in [1.82, 2.24) is 10.3 Å². The fraction of sp³-hybridized carbons (Fsp3) is 0.429. The van der Waals surface area contributed by atoms with Gasteiger partial charge in [-0.15, -0.1) is 11.3 Å². The van der Waals surface area contributed by atoms with E-state index in [1.165, 1.54) is 35.5 Å². The second kappa shape index (κ2) is 6.44. The summed E-state index contributed by atoms with van der Waals surface area (Å²) in [5, 5.41) is 9.01. The molecule has 5 nitrogen and oxygen atoms in total. The summed E-state index contributed by atoms with van der Waals surface area (Å²) in [6.07, 6.45) is 4.44. The molecule has 0 radical (unpaired) electrons. The van der Waals surface area contributed by atoms with E-state index in [4.69, 9.17) is 5.73 Å². The average molecular weight is 322 g/mol. The van der Waals surface area contributed by atoms with Gasteiger partial charge < -0.3 is 16.4 Å². The van der Waals surface area contributed by atoms with Crippen LogP contribution in [0.1, 0.15) is 33.8 Å². The van der Waals surface area contributed by atoms with Crippen molar-refractivity contribution in [3.05, 3.63) is 27.3 Å². The maximum absolute atomic E-state index is 12.1. The zero-order valence-corrected chi connectivity index (χ0v) is 13.2. The van der Waals surface area contributed by atoms with Gasteiger partial charge in [0.25, 0.3) is 5.91 Å². The third-order valence-corrected chi connectivity index (χ3v) is 5.47. The molecule has 1 amide bonds. The highest BCUT2D eigenvalue weighted by Gasteiger charge is 2.21. The van der Waals surface area contributed by atoms with E-state index >= 15 is 0 Å². The van der Waals surface area contributed by atoms with Crippen molar-refractivity contribution in [3.8, 4) is 0 Å². The fourth-order valence-electron chi connectivity index (χ4n) is 2.12. The van der Waals surface area contributed by atoms with Crippen LogP contribution in [0.5, 0.6) is 0 Å². The number of nitrogen functional groups attached to an aromatic ring is 1. The Bertz CT molecular complexity index is 605. The lowest BCUT2D eigenvalue weighted by Crippen LogP contribution is -2.26. The number of hydrogen-bond donors (Lipinski definition) is 3. The van der Waals surface area contributed by atoms with E-state index in [0.717, 1.165) is 11.6 Å². The highest BCUT2D eigenvalue weighted by Crippen LogP contribution is 2.29. The molecule has 1 fully saturated rings. The predicted octanol–water partition coefficient (Wildman–Crippen LogP) is 2.72. The van der Waals surface area contributed by atoms with E-state index in [-0.39, 0.29) is 5.91 Å². The Kier molecular flexibility index (Phi) is 4.40. The smallest absolute Gasteiger partial charge is 0.265 e. The Balaban J connectivity index is 1.53. The molecule has 112 valence electrons. The van der Waals surface area contributed by atoms with Crippen LogP contribution in [0.15, 0.2) is 17.5 Å². The molecule has 4 N–H and O–H groups in total. The van der Waals surface area contributed by atoms with E-state index in [0.29, 0.717) is 23.3 Å². The molecular weight excluding hydrogens is 304 g/mol. The van der Waals surface area contributed by atoms with Gasteiger partial charge in [0, 0.05) is 17.5 Å². The monoisotopic (exact) mass is 322 g/mol. The Labute approximate surface area is 131 Å². The first-order chi connectivity index (χ1) is 10.2. The summed E-state index contributed by atoms with van der Waals surface area (Å²) in [5.41, 5.74) is 5.84. The van der Waals surface area contributed by atoms with Crippen LogP contribution in [-0.2, 0) is 6.42 Å². The molecule has 7 heteroatoms. The first-order valence-corrected chi connectivity index (χ1v) is 8.75. The number of amides is 1. The van der Waals surface area contributed by atoms with Gasteiger partial charge in [-0.1, -0.05) is 17.4 Å². The molecule has 2 aromatic rings. The number of rotatable bonds is 6. The van der Waals surface area contributed by atoms with Gasteiger partial charge in [0.1, 0.15) is 10.7 Å². The number of anilines is 2. The third-order valence-electron chi connectivity index (χ3n) is 3.53. The molecule has 0 aromatic carbocycles. The number of nitrogens with zero attached hydrogens (tertiary/aromatic N) is 1. The third kappa shape index (κ3) is 3.54. The highest BCUT2D eigenvalue weighted by molar-refractivity contribution is 7.18. The van der Waals surface area contributed by atoms with Crippen molar-refractivity contribution in [2.45, 2.75) is 31.7 Å². The Morgan fingerprint density at radius 2 is 2.33 bits per heavy atom. The van der Waals surface area contributed by atoms with E-state index in [2.05, 4.69) is 21.7 Å². The molecule has 1 aliphatic rings. The number of nitrogens with one attached hydrogen (secondary N) is 2. The molecule has 2 aromatic heterocycles. The molecule has 21 heavy (non-hydrogen) atoms. The van der Waals surface area contributed by atoms with Gasteiger partial charge in [-0.2, -0.15) is 0 Å². The zero-order valence-electron chi connectivity index (χ0n) is 11.6. The number of thiazole rings is 1. The minimum absolute atomic E-state index is 0.136. The lowest BCUT2D eigenvalue weighted by Gasteiger charge is -2.25. The summed E-state index contributed by atoms with van der Waals surface area (Å²) in [6.45, 7) is 0.613. The lowest BCUT2D eigenvalue weighted by molar-refractivity contribution is 0.0959. The molecule has 2 heterocycles. The highest BCUT2D eigenvalue weighted by atomic mass is 32.1. The topological polar surface area (TPSA) is 80.0 Å². The number of thiophene rings is 1. The molecule has 0 aliphatic heterocycles. The van der Waals surface area contributed by atoms with Crippen LogP contribution in [-0.4, -0.2) is 23.5 Å². The van der Waals surface area contributed by atoms with Gasteiger partial charge in [-0.25, -0.2) is 4.98 Å². The summed E-state index contributed by atoms with van der Waals surface area (Å²) in [6, 6.07) is 4.57. The van der Waals surface area contributed by atoms with Crippen LogP contribution < -0.4 is 16.4 Å². The number of aromatic nitrogens is 1. The normalized spacial score (nSPS) is 14.7. The largest absolute Gasteiger partial charge is 0.382 e. The molecule has 0 unspecified atom stereocenters. The predicted molar refractivity (Wildman–Crippen MR) is 88.1 cm³/mol. The van der Waals surface area contributed by atoms with Crippen molar-refractivity contribution < 1.29 is 4.79 Å². The van der Waals surface area contributed by atoms with Crippen molar-refractivity contribution in [2.75, 3.05) is 17.6 Å². The summed E-state index contributed by atoms with van der Waals surface area (Å²) >= 11 is 3.03. The van der Waals surface area contributed by atoms with Gasteiger partial charge >= 0.3 is 0 Å². The van der Waals surface area contributed by atoms with Crippen LogP contribution in [0.2, 0.25) is 0 Å². The molecule has 1 saturated carbocycles. The number of carbonyl (C=O) groups is 1. The van der Waals surface area contributed by atoms with Crippen molar-refractivity contribution in [2.24, 2.45) is 0 Å². The van der Waals surface area contributed by atoms with Gasteiger partial charge in [0.05, 0.1) is 0 Å². The maximum Gasteiger partial charge on any atom is 0.265 e. The first-order valence-electron chi connectivity index (χ1n) is 7.06. The minimum Gasteiger partial charge on any atom is -0.382 e. The van der Waals surface area contributed by atoms with Gasteiger partial charge in [0.15, 0.2) is 5.13 Å². The SMILES string of the molecule is Nc1nc(NC2CCC2)sc1C(=O)NCCc1cccs1. The molecule has 0 bridgehead atoms. The second-order valence-electron chi connectivity index (χ2n) is 5.09. The summed E-state index contributed by atoms with van der Waals surface area (Å²) in [5.74, 6) is 0.179. The summed E-state index contributed by atoms with van der Waals surface area (Å²) in [4.78, 5) is 18.1. The lowest BCUT2D eigenvalue weighted by atomic mass is 9.93. The maximum atomic E-state index is 12.1. The summed E-state index contributed by atoms with van der Waals surface area (Å²) in [7, 11) is 0. The van der Waals surface area contributed by atoms with Gasteiger partial charge in [0.2, 0.25) is 0 Å². The summed E-state index contributed by atoms with van der Waals surface area (Å²) < 4.78 is 0. The average Bonchev–Trinajstić information content (AvgIpc) is 3.03. The molecule has 1 aliphatic carbocycles. The fourth-order valence-corrected chi connectivity index (χ4v) is 3.70. The molecule has 0 spiro atoms. The number of hydrogen-bond acceptors (Lipinski definition) is 6. The molecule has 3 rings (SSSR count). The molecule has 0 saturated heterocycles. The van der Waals surface area contributed by atoms with Crippen molar-refractivity contribution in [3.63, 3.8) is 0 Å². The van der Waals surface area contributed by atoms with E-state index in [1.54, 1.807) is 11.3 Å². The van der Waals surface area contributed by atoms with Crippen molar-refractivity contribution >= 4 is 39.5 Å². The second-order valence-corrected chi connectivity index (χ2v) is 7.12. The van der Waals surface area contributed by atoms with Crippen LogP contribution in [0, 0.1) is 0 Å². The van der Waals surface area contributed by atoms with Gasteiger partial charge in [-0.3, -0.25) is 4.79 Å². The molecule has 0 atom stereocenters. The Morgan fingerprint density at radius 3 is 3.00 bits per heavy atom. The Morgan fingerprint density at radius 1 is 1.48 bits per heavy atom. The Hall–Kier alpha value is -1.60. The van der Waals surface area contributed by atoms with E-state index < -0.39 is 0 Å².